The van der Waals surface area contributed by atoms with Gasteiger partial charge in [-0.3, -0.25) is 9.59 Å². The summed E-state index contributed by atoms with van der Waals surface area (Å²) in [4.78, 5) is 24.6. The SMILES string of the molecule is CCCN(CC(=O)O)C(=O)C1CCCC1(C)C. The number of aliphatic carboxylic acids is 1. The van der Waals surface area contributed by atoms with Crippen LogP contribution in [0.5, 0.6) is 0 Å². The van der Waals surface area contributed by atoms with Gasteiger partial charge in [0, 0.05) is 12.5 Å². The average Bonchev–Trinajstić information content (AvgIpc) is 2.56. The first-order chi connectivity index (χ1) is 7.88. The molecule has 1 aliphatic carbocycles. The number of hydrogen-bond acceptors (Lipinski definition) is 2. The molecule has 0 spiro atoms. The molecule has 1 fully saturated rings. The number of carbonyl (C=O) groups is 2. The van der Waals surface area contributed by atoms with Crippen LogP contribution in [0.3, 0.4) is 0 Å². The first-order valence-corrected chi connectivity index (χ1v) is 6.39. The molecule has 0 aliphatic heterocycles. The van der Waals surface area contributed by atoms with E-state index in [9.17, 15) is 9.59 Å². The van der Waals surface area contributed by atoms with Crippen molar-refractivity contribution in [1.82, 2.24) is 4.90 Å². The Morgan fingerprint density at radius 1 is 1.41 bits per heavy atom. The lowest BCUT2D eigenvalue weighted by Gasteiger charge is -2.31. The first kappa shape index (κ1) is 14.0. The van der Waals surface area contributed by atoms with E-state index in [0.717, 1.165) is 25.7 Å². The summed E-state index contributed by atoms with van der Waals surface area (Å²) in [6.07, 6.45) is 3.81. The zero-order chi connectivity index (χ0) is 13.1. The third kappa shape index (κ3) is 3.45. The normalized spacial score (nSPS) is 22.4. The number of nitrogens with zero attached hydrogens (tertiary/aromatic N) is 1. The molecule has 0 aromatic rings. The minimum Gasteiger partial charge on any atom is -0.480 e. The molecule has 0 saturated heterocycles. The predicted octanol–water partition coefficient (Wildman–Crippen LogP) is 2.14. The summed E-state index contributed by atoms with van der Waals surface area (Å²) in [5.74, 6) is -0.909. The van der Waals surface area contributed by atoms with Crippen LogP contribution in [0.15, 0.2) is 0 Å². The molecule has 0 aromatic heterocycles. The molecule has 0 bridgehead atoms. The van der Waals surface area contributed by atoms with Gasteiger partial charge in [0.05, 0.1) is 0 Å². The quantitative estimate of drug-likeness (QED) is 0.802. The summed E-state index contributed by atoms with van der Waals surface area (Å²) < 4.78 is 0. The summed E-state index contributed by atoms with van der Waals surface area (Å²) in [6, 6.07) is 0. The average molecular weight is 241 g/mol. The maximum absolute atomic E-state index is 12.3. The lowest BCUT2D eigenvalue weighted by atomic mass is 9.81. The van der Waals surface area contributed by atoms with Crippen LogP contribution in [0.25, 0.3) is 0 Å². The molecule has 1 amide bonds. The third-order valence-corrected chi connectivity index (χ3v) is 3.69. The van der Waals surface area contributed by atoms with Crippen molar-refractivity contribution in [3.05, 3.63) is 0 Å². The van der Waals surface area contributed by atoms with Crippen LogP contribution in [0, 0.1) is 11.3 Å². The summed E-state index contributed by atoms with van der Waals surface area (Å²) in [7, 11) is 0. The lowest BCUT2D eigenvalue weighted by Crippen LogP contribution is -2.43. The van der Waals surface area contributed by atoms with Crippen molar-refractivity contribution in [3.63, 3.8) is 0 Å². The molecule has 4 nitrogen and oxygen atoms in total. The van der Waals surface area contributed by atoms with Crippen molar-refractivity contribution in [3.8, 4) is 0 Å². The summed E-state index contributed by atoms with van der Waals surface area (Å²) >= 11 is 0. The Kier molecular flexibility index (Phi) is 4.54. The van der Waals surface area contributed by atoms with Gasteiger partial charge in [0.2, 0.25) is 5.91 Å². The summed E-state index contributed by atoms with van der Waals surface area (Å²) in [5.41, 5.74) is 0.0155. The van der Waals surface area contributed by atoms with Gasteiger partial charge in [0.15, 0.2) is 0 Å². The van der Waals surface area contributed by atoms with Crippen LogP contribution in [0.4, 0.5) is 0 Å². The van der Waals surface area contributed by atoms with Gasteiger partial charge in [-0.25, -0.2) is 0 Å². The zero-order valence-electron chi connectivity index (χ0n) is 11.0. The molecule has 1 unspecified atom stereocenters. The Labute approximate surface area is 103 Å². The number of amides is 1. The van der Waals surface area contributed by atoms with E-state index in [-0.39, 0.29) is 23.8 Å². The van der Waals surface area contributed by atoms with E-state index < -0.39 is 5.97 Å². The standard InChI is InChI=1S/C13H23NO3/c1-4-8-14(9-11(15)16)12(17)10-6-5-7-13(10,2)3/h10H,4-9H2,1-3H3,(H,15,16). The molecule has 1 atom stereocenters. The molecule has 0 radical (unpaired) electrons. The second-order valence-corrected chi connectivity index (χ2v) is 5.59. The van der Waals surface area contributed by atoms with Crippen LogP contribution in [-0.2, 0) is 9.59 Å². The Morgan fingerprint density at radius 3 is 2.47 bits per heavy atom. The Balaban J connectivity index is 2.73. The van der Waals surface area contributed by atoms with Crippen molar-refractivity contribution >= 4 is 11.9 Å². The molecular weight excluding hydrogens is 218 g/mol. The Morgan fingerprint density at radius 2 is 2.06 bits per heavy atom. The molecule has 0 aromatic carbocycles. The van der Waals surface area contributed by atoms with Crippen molar-refractivity contribution in [1.29, 1.82) is 0 Å². The van der Waals surface area contributed by atoms with Gasteiger partial charge in [-0.2, -0.15) is 0 Å². The molecule has 17 heavy (non-hydrogen) atoms. The van der Waals surface area contributed by atoms with Gasteiger partial charge in [-0.15, -0.1) is 0 Å². The van der Waals surface area contributed by atoms with Gasteiger partial charge >= 0.3 is 5.97 Å². The van der Waals surface area contributed by atoms with E-state index in [1.807, 2.05) is 6.92 Å². The molecule has 1 N–H and O–H groups in total. The van der Waals surface area contributed by atoms with Gasteiger partial charge in [0.1, 0.15) is 6.54 Å². The minimum absolute atomic E-state index is 0.00611. The number of hydrogen-bond donors (Lipinski definition) is 1. The van der Waals surface area contributed by atoms with E-state index in [1.165, 1.54) is 4.90 Å². The highest BCUT2D eigenvalue weighted by atomic mass is 16.4. The molecular formula is C13H23NO3. The van der Waals surface area contributed by atoms with Crippen molar-refractivity contribution in [2.24, 2.45) is 11.3 Å². The van der Waals surface area contributed by atoms with Crippen molar-refractivity contribution < 1.29 is 14.7 Å². The molecule has 1 aliphatic rings. The van der Waals surface area contributed by atoms with Crippen LogP contribution in [0.2, 0.25) is 0 Å². The second kappa shape index (κ2) is 5.52. The molecule has 0 heterocycles. The van der Waals surface area contributed by atoms with Gasteiger partial charge < -0.3 is 10.0 Å². The van der Waals surface area contributed by atoms with Crippen LogP contribution in [0.1, 0.15) is 46.5 Å². The first-order valence-electron chi connectivity index (χ1n) is 6.39. The number of rotatable bonds is 5. The fourth-order valence-electron chi connectivity index (χ4n) is 2.71. The molecule has 1 saturated carbocycles. The van der Waals surface area contributed by atoms with Crippen LogP contribution in [-0.4, -0.2) is 35.0 Å². The Bertz CT molecular complexity index is 299. The van der Waals surface area contributed by atoms with Gasteiger partial charge in [-0.05, 0) is 24.7 Å². The highest BCUT2D eigenvalue weighted by Crippen LogP contribution is 2.43. The largest absolute Gasteiger partial charge is 0.480 e. The fourth-order valence-corrected chi connectivity index (χ4v) is 2.71. The van der Waals surface area contributed by atoms with Crippen LogP contribution >= 0.6 is 0 Å². The highest BCUT2D eigenvalue weighted by Gasteiger charge is 2.41. The topological polar surface area (TPSA) is 57.6 Å². The smallest absolute Gasteiger partial charge is 0.323 e. The van der Waals surface area contributed by atoms with Gasteiger partial charge in [-0.1, -0.05) is 27.2 Å². The molecule has 98 valence electrons. The number of carboxylic acid groups (broad SMARTS) is 1. The Hall–Kier alpha value is -1.06. The predicted molar refractivity (Wildman–Crippen MR) is 65.6 cm³/mol. The minimum atomic E-state index is -0.928. The summed E-state index contributed by atoms with van der Waals surface area (Å²) in [5, 5.41) is 8.84. The maximum atomic E-state index is 12.3. The zero-order valence-corrected chi connectivity index (χ0v) is 11.0. The second-order valence-electron chi connectivity index (χ2n) is 5.59. The fraction of sp³-hybridized carbons (Fsp3) is 0.846. The van der Waals surface area contributed by atoms with E-state index in [2.05, 4.69) is 13.8 Å². The summed E-state index contributed by atoms with van der Waals surface area (Å²) in [6.45, 7) is 6.54. The highest BCUT2D eigenvalue weighted by molar-refractivity contribution is 5.83. The number of carboxylic acids is 1. The van der Waals surface area contributed by atoms with E-state index in [0.29, 0.717) is 6.54 Å². The maximum Gasteiger partial charge on any atom is 0.323 e. The monoisotopic (exact) mass is 241 g/mol. The van der Waals surface area contributed by atoms with Crippen molar-refractivity contribution in [2.45, 2.75) is 46.5 Å². The van der Waals surface area contributed by atoms with Gasteiger partial charge in [0.25, 0.3) is 0 Å². The van der Waals surface area contributed by atoms with E-state index in [4.69, 9.17) is 5.11 Å². The third-order valence-electron chi connectivity index (χ3n) is 3.69. The number of carbonyl (C=O) groups excluding carboxylic acids is 1. The molecule has 1 rings (SSSR count). The molecule has 4 heteroatoms. The van der Waals surface area contributed by atoms with E-state index >= 15 is 0 Å². The lowest BCUT2D eigenvalue weighted by molar-refractivity contribution is -0.147. The van der Waals surface area contributed by atoms with E-state index in [1.54, 1.807) is 0 Å². The van der Waals surface area contributed by atoms with Crippen molar-refractivity contribution in [2.75, 3.05) is 13.1 Å². The van der Waals surface area contributed by atoms with Crippen LogP contribution < -0.4 is 0 Å².